The first-order valence-electron chi connectivity index (χ1n) is 4.77. The Balaban J connectivity index is 2.17. The highest BCUT2D eigenvalue weighted by atomic mass is 35.5. The predicted molar refractivity (Wildman–Crippen MR) is 66.6 cm³/mol. The monoisotopic (exact) mass is 254 g/mol. The second-order valence-electron chi connectivity index (χ2n) is 3.46. The number of aliphatic hydroxyl groups is 1. The van der Waals surface area contributed by atoms with Gasteiger partial charge in [-0.3, -0.25) is 4.98 Å². The van der Waals surface area contributed by atoms with E-state index in [1.807, 2.05) is 0 Å². The van der Waals surface area contributed by atoms with Crippen molar-refractivity contribution in [3.8, 4) is 0 Å². The summed E-state index contributed by atoms with van der Waals surface area (Å²) in [5.41, 5.74) is 8.76. The van der Waals surface area contributed by atoms with Gasteiger partial charge >= 0.3 is 0 Å². The van der Waals surface area contributed by atoms with Gasteiger partial charge in [0, 0.05) is 33.8 Å². The van der Waals surface area contributed by atoms with Gasteiger partial charge in [0.25, 0.3) is 0 Å². The molecule has 0 amide bonds. The van der Waals surface area contributed by atoms with E-state index in [2.05, 4.69) is 4.98 Å². The molecule has 1 heterocycles. The molecule has 0 aliphatic carbocycles. The van der Waals surface area contributed by atoms with E-state index in [9.17, 15) is 5.11 Å². The van der Waals surface area contributed by atoms with Crippen molar-refractivity contribution >= 4 is 28.6 Å². The van der Waals surface area contributed by atoms with Crippen LogP contribution in [0.25, 0.3) is 0 Å². The molecule has 1 unspecified atom stereocenters. The van der Waals surface area contributed by atoms with Gasteiger partial charge in [-0.2, -0.15) is 0 Å². The van der Waals surface area contributed by atoms with Crippen molar-refractivity contribution in [2.24, 2.45) is 0 Å². The molecule has 84 valence electrons. The van der Waals surface area contributed by atoms with Crippen LogP contribution in [-0.2, 0) is 6.42 Å². The van der Waals surface area contributed by atoms with Crippen LogP contribution in [0, 0.1) is 0 Å². The topological polar surface area (TPSA) is 59.1 Å². The van der Waals surface area contributed by atoms with E-state index >= 15 is 0 Å². The fraction of sp³-hybridized carbons (Fsp3) is 0.182. The number of aliphatic hydroxyl groups excluding tert-OH is 1. The number of nitrogen functional groups attached to an aromatic ring is 1. The summed E-state index contributed by atoms with van der Waals surface area (Å²) in [7, 11) is 0. The summed E-state index contributed by atoms with van der Waals surface area (Å²) in [6.45, 7) is 0. The van der Waals surface area contributed by atoms with E-state index in [1.165, 1.54) is 11.3 Å². The second-order valence-corrected chi connectivity index (χ2v) is 4.87. The standard InChI is InChI=1S/C11H11ClN2OS/c12-7-1-2-9(10(13)3-7)11(15)4-8-5-14-6-16-8/h1-3,5-6,11,15H,4,13H2. The van der Waals surface area contributed by atoms with Gasteiger partial charge in [-0.25, -0.2) is 0 Å². The summed E-state index contributed by atoms with van der Waals surface area (Å²) in [6, 6.07) is 5.12. The van der Waals surface area contributed by atoms with Gasteiger partial charge in [-0.1, -0.05) is 17.7 Å². The van der Waals surface area contributed by atoms with Crippen LogP contribution in [0.5, 0.6) is 0 Å². The molecular formula is C11H11ClN2OS. The van der Waals surface area contributed by atoms with Crippen LogP contribution < -0.4 is 5.73 Å². The molecule has 2 aromatic rings. The molecule has 0 aliphatic heterocycles. The molecule has 1 aromatic heterocycles. The first kappa shape index (κ1) is 11.4. The molecule has 0 fully saturated rings. The van der Waals surface area contributed by atoms with Gasteiger partial charge in [0.2, 0.25) is 0 Å². The van der Waals surface area contributed by atoms with E-state index in [-0.39, 0.29) is 0 Å². The quantitative estimate of drug-likeness (QED) is 0.828. The number of rotatable bonds is 3. The minimum atomic E-state index is -0.613. The molecule has 0 saturated heterocycles. The lowest BCUT2D eigenvalue weighted by Gasteiger charge is -2.12. The number of hydrogen-bond acceptors (Lipinski definition) is 4. The van der Waals surface area contributed by atoms with Crippen LogP contribution in [0.2, 0.25) is 5.02 Å². The number of nitrogens with zero attached hydrogens (tertiary/aromatic N) is 1. The Hall–Kier alpha value is -1.10. The molecule has 1 atom stereocenters. The maximum Gasteiger partial charge on any atom is 0.0858 e. The van der Waals surface area contributed by atoms with Crippen molar-refractivity contribution in [1.82, 2.24) is 4.98 Å². The third-order valence-corrected chi connectivity index (χ3v) is 3.32. The molecule has 0 bridgehead atoms. The highest BCUT2D eigenvalue weighted by molar-refractivity contribution is 7.09. The van der Waals surface area contributed by atoms with Crippen LogP contribution in [0.15, 0.2) is 29.9 Å². The van der Waals surface area contributed by atoms with E-state index in [0.717, 1.165) is 4.88 Å². The lowest BCUT2D eigenvalue weighted by molar-refractivity contribution is 0.180. The first-order chi connectivity index (χ1) is 7.66. The third-order valence-electron chi connectivity index (χ3n) is 2.29. The fourth-order valence-electron chi connectivity index (χ4n) is 1.49. The zero-order valence-electron chi connectivity index (χ0n) is 8.43. The average Bonchev–Trinajstić information content (AvgIpc) is 2.70. The maximum absolute atomic E-state index is 10.0. The highest BCUT2D eigenvalue weighted by Crippen LogP contribution is 2.27. The smallest absolute Gasteiger partial charge is 0.0858 e. The zero-order chi connectivity index (χ0) is 11.5. The van der Waals surface area contributed by atoms with Crippen LogP contribution in [0.4, 0.5) is 5.69 Å². The van der Waals surface area contributed by atoms with Crippen molar-refractivity contribution in [2.75, 3.05) is 5.73 Å². The van der Waals surface area contributed by atoms with Gasteiger partial charge in [-0.05, 0) is 12.1 Å². The van der Waals surface area contributed by atoms with Crippen molar-refractivity contribution in [3.05, 3.63) is 45.4 Å². The molecule has 3 nitrogen and oxygen atoms in total. The fourth-order valence-corrected chi connectivity index (χ4v) is 2.31. The van der Waals surface area contributed by atoms with Gasteiger partial charge in [0.05, 0.1) is 11.6 Å². The first-order valence-corrected chi connectivity index (χ1v) is 6.03. The summed E-state index contributed by atoms with van der Waals surface area (Å²) in [5, 5.41) is 10.6. The number of thiazole rings is 1. The maximum atomic E-state index is 10.0. The lowest BCUT2D eigenvalue weighted by atomic mass is 10.0. The molecule has 2 rings (SSSR count). The lowest BCUT2D eigenvalue weighted by Crippen LogP contribution is -2.04. The number of anilines is 1. The van der Waals surface area contributed by atoms with Gasteiger partial charge in [0.1, 0.15) is 0 Å². The number of halogens is 1. The Morgan fingerprint density at radius 2 is 2.31 bits per heavy atom. The Morgan fingerprint density at radius 1 is 1.50 bits per heavy atom. The Kier molecular flexibility index (Phi) is 3.43. The summed E-state index contributed by atoms with van der Waals surface area (Å²) < 4.78 is 0. The van der Waals surface area contributed by atoms with Crippen LogP contribution >= 0.6 is 22.9 Å². The SMILES string of the molecule is Nc1cc(Cl)ccc1C(O)Cc1cncs1. The molecule has 16 heavy (non-hydrogen) atoms. The van der Waals surface area contributed by atoms with E-state index in [0.29, 0.717) is 22.7 Å². The Labute approximate surface area is 103 Å². The normalized spacial score (nSPS) is 12.6. The predicted octanol–water partition coefficient (Wildman–Crippen LogP) is 2.65. The second kappa shape index (κ2) is 4.82. The van der Waals surface area contributed by atoms with Crippen LogP contribution in [-0.4, -0.2) is 10.1 Å². The molecule has 1 aromatic carbocycles. The third kappa shape index (κ3) is 2.52. The average molecular weight is 255 g/mol. The Morgan fingerprint density at radius 3 is 2.94 bits per heavy atom. The van der Waals surface area contributed by atoms with E-state index in [4.69, 9.17) is 17.3 Å². The van der Waals surface area contributed by atoms with Crippen molar-refractivity contribution < 1.29 is 5.11 Å². The molecule has 0 spiro atoms. The number of aromatic nitrogens is 1. The summed E-state index contributed by atoms with van der Waals surface area (Å²) in [6.07, 6.45) is 1.66. The minimum absolute atomic E-state index is 0.518. The molecule has 0 aliphatic rings. The zero-order valence-corrected chi connectivity index (χ0v) is 10.0. The van der Waals surface area contributed by atoms with Crippen molar-refractivity contribution in [2.45, 2.75) is 12.5 Å². The molecular weight excluding hydrogens is 244 g/mol. The van der Waals surface area contributed by atoms with E-state index < -0.39 is 6.10 Å². The molecule has 3 N–H and O–H groups in total. The summed E-state index contributed by atoms with van der Waals surface area (Å²) >= 11 is 7.31. The number of hydrogen-bond donors (Lipinski definition) is 2. The van der Waals surface area contributed by atoms with Crippen molar-refractivity contribution in [1.29, 1.82) is 0 Å². The van der Waals surface area contributed by atoms with Crippen LogP contribution in [0.1, 0.15) is 16.5 Å². The van der Waals surface area contributed by atoms with Gasteiger partial charge in [0.15, 0.2) is 0 Å². The van der Waals surface area contributed by atoms with Gasteiger partial charge < -0.3 is 10.8 Å². The molecule has 0 saturated carbocycles. The molecule has 5 heteroatoms. The number of benzene rings is 1. The highest BCUT2D eigenvalue weighted by Gasteiger charge is 2.12. The molecule has 0 radical (unpaired) electrons. The number of nitrogens with two attached hydrogens (primary N) is 1. The summed E-state index contributed by atoms with van der Waals surface area (Å²) in [5.74, 6) is 0. The van der Waals surface area contributed by atoms with Crippen molar-refractivity contribution in [3.63, 3.8) is 0 Å². The van der Waals surface area contributed by atoms with E-state index in [1.54, 1.807) is 29.9 Å². The minimum Gasteiger partial charge on any atom is -0.398 e. The summed E-state index contributed by atoms with van der Waals surface area (Å²) in [4.78, 5) is 4.99. The van der Waals surface area contributed by atoms with Crippen LogP contribution in [0.3, 0.4) is 0 Å². The largest absolute Gasteiger partial charge is 0.398 e. The Bertz CT molecular complexity index is 473. The van der Waals surface area contributed by atoms with Gasteiger partial charge in [-0.15, -0.1) is 11.3 Å².